The fraction of sp³-hybridized carbons (Fsp3) is 0.538. The molecule has 2 rings (SSSR count). The number of rotatable bonds is 3. The third-order valence-electron chi connectivity index (χ3n) is 3.60. The molecule has 1 aromatic carbocycles. The van der Waals surface area contributed by atoms with Crippen LogP contribution in [0.5, 0.6) is 0 Å². The number of aliphatic hydroxyl groups excluding tert-OH is 1. The minimum atomic E-state index is -3.22. The van der Waals surface area contributed by atoms with Gasteiger partial charge in [-0.05, 0) is 30.5 Å². The van der Waals surface area contributed by atoms with Gasteiger partial charge >= 0.3 is 0 Å². The molecule has 1 fully saturated rings. The Kier molecular flexibility index (Phi) is 3.49. The van der Waals surface area contributed by atoms with Gasteiger partial charge in [-0.1, -0.05) is 25.0 Å². The average molecular weight is 270 g/mol. The van der Waals surface area contributed by atoms with Crippen LogP contribution < -0.4 is 0 Å². The molecule has 0 saturated heterocycles. The summed E-state index contributed by atoms with van der Waals surface area (Å²) >= 11 is 0. The van der Waals surface area contributed by atoms with Crippen molar-refractivity contribution in [3.63, 3.8) is 0 Å². The van der Waals surface area contributed by atoms with E-state index in [1.807, 2.05) is 0 Å². The van der Waals surface area contributed by atoms with E-state index in [0.717, 1.165) is 19.1 Å². The first-order chi connectivity index (χ1) is 8.33. The molecule has 0 heterocycles. The van der Waals surface area contributed by atoms with E-state index in [2.05, 4.69) is 0 Å². The molecule has 1 aromatic rings. The van der Waals surface area contributed by atoms with Gasteiger partial charge < -0.3 is 10.2 Å². The van der Waals surface area contributed by atoms with Gasteiger partial charge in [0.25, 0.3) is 0 Å². The number of hydrogen-bond donors (Lipinski definition) is 2. The van der Waals surface area contributed by atoms with Crippen molar-refractivity contribution in [2.75, 3.05) is 6.26 Å². The lowest BCUT2D eigenvalue weighted by molar-refractivity contribution is -0.0719. The summed E-state index contributed by atoms with van der Waals surface area (Å²) in [7, 11) is -3.22. The van der Waals surface area contributed by atoms with Gasteiger partial charge in [-0.2, -0.15) is 0 Å². The third-order valence-corrected chi connectivity index (χ3v) is 4.73. The van der Waals surface area contributed by atoms with Crippen molar-refractivity contribution in [3.8, 4) is 0 Å². The highest BCUT2D eigenvalue weighted by molar-refractivity contribution is 7.90. The van der Waals surface area contributed by atoms with Crippen LogP contribution in [-0.2, 0) is 9.84 Å². The summed E-state index contributed by atoms with van der Waals surface area (Å²) < 4.78 is 22.6. The quantitative estimate of drug-likeness (QED) is 0.871. The van der Waals surface area contributed by atoms with Crippen LogP contribution in [0, 0.1) is 0 Å². The molecule has 0 spiro atoms. The van der Waals surface area contributed by atoms with Crippen LogP contribution in [0.25, 0.3) is 0 Å². The van der Waals surface area contributed by atoms with E-state index < -0.39 is 21.5 Å². The van der Waals surface area contributed by atoms with Gasteiger partial charge in [0.2, 0.25) is 0 Å². The maximum Gasteiger partial charge on any atom is 0.175 e. The van der Waals surface area contributed by atoms with Crippen molar-refractivity contribution in [2.45, 2.75) is 42.3 Å². The molecule has 0 radical (unpaired) electrons. The first-order valence-electron chi connectivity index (χ1n) is 6.03. The first-order valence-corrected chi connectivity index (χ1v) is 7.92. The van der Waals surface area contributed by atoms with E-state index in [1.54, 1.807) is 12.1 Å². The SMILES string of the molecule is CS(=O)(=O)c1ccc(C(O)C2(O)CCCC2)cc1. The van der Waals surface area contributed by atoms with Crippen molar-refractivity contribution < 1.29 is 18.6 Å². The van der Waals surface area contributed by atoms with Gasteiger partial charge in [0.1, 0.15) is 6.10 Å². The normalized spacial score (nSPS) is 20.8. The van der Waals surface area contributed by atoms with Crippen LogP contribution in [0.1, 0.15) is 37.4 Å². The zero-order valence-corrected chi connectivity index (χ0v) is 11.2. The molecular weight excluding hydrogens is 252 g/mol. The molecule has 4 nitrogen and oxygen atoms in total. The fourth-order valence-electron chi connectivity index (χ4n) is 2.47. The summed E-state index contributed by atoms with van der Waals surface area (Å²) in [5, 5.41) is 20.4. The molecule has 1 aliphatic rings. The lowest BCUT2D eigenvalue weighted by Crippen LogP contribution is -2.32. The molecule has 18 heavy (non-hydrogen) atoms. The van der Waals surface area contributed by atoms with Gasteiger partial charge in [-0.3, -0.25) is 0 Å². The summed E-state index contributed by atoms with van der Waals surface area (Å²) in [4.78, 5) is 0.219. The van der Waals surface area contributed by atoms with Crippen LogP contribution in [0.3, 0.4) is 0 Å². The summed E-state index contributed by atoms with van der Waals surface area (Å²) in [6, 6.07) is 6.06. The topological polar surface area (TPSA) is 74.6 Å². The van der Waals surface area contributed by atoms with Crippen LogP contribution in [0.4, 0.5) is 0 Å². The molecule has 1 saturated carbocycles. The minimum Gasteiger partial charge on any atom is -0.387 e. The van der Waals surface area contributed by atoms with Crippen molar-refractivity contribution in [1.82, 2.24) is 0 Å². The van der Waals surface area contributed by atoms with Crippen molar-refractivity contribution in [2.24, 2.45) is 0 Å². The molecule has 0 amide bonds. The number of aliphatic hydroxyl groups is 2. The summed E-state index contributed by atoms with van der Waals surface area (Å²) in [5.41, 5.74) is -0.501. The fourth-order valence-corrected chi connectivity index (χ4v) is 3.10. The Labute approximate surface area is 107 Å². The molecule has 100 valence electrons. The highest BCUT2D eigenvalue weighted by Gasteiger charge is 2.39. The highest BCUT2D eigenvalue weighted by atomic mass is 32.2. The maximum atomic E-state index is 11.3. The second-order valence-electron chi connectivity index (χ2n) is 5.05. The zero-order valence-electron chi connectivity index (χ0n) is 10.3. The van der Waals surface area contributed by atoms with E-state index >= 15 is 0 Å². The van der Waals surface area contributed by atoms with Crippen molar-refractivity contribution >= 4 is 9.84 Å². The van der Waals surface area contributed by atoms with Crippen LogP contribution >= 0.6 is 0 Å². The Morgan fingerprint density at radius 1 is 1.17 bits per heavy atom. The minimum absolute atomic E-state index is 0.219. The Morgan fingerprint density at radius 2 is 1.67 bits per heavy atom. The predicted molar refractivity (Wildman–Crippen MR) is 67.9 cm³/mol. The van der Waals surface area contributed by atoms with Crippen molar-refractivity contribution in [1.29, 1.82) is 0 Å². The maximum absolute atomic E-state index is 11.3. The molecule has 0 aliphatic heterocycles. The monoisotopic (exact) mass is 270 g/mol. The second kappa shape index (κ2) is 4.64. The molecule has 0 aromatic heterocycles. The predicted octanol–water partition coefficient (Wildman–Crippen LogP) is 1.43. The lowest BCUT2D eigenvalue weighted by Gasteiger charge is -2.28. The van der Waals surface area contributed by atoms with Crippen LogP contribution in [0.2, 0.25) is 0 Å². The van der Waals surface area contributed by atoms with E-state index in [9.17, 15) is 18.6 Å². The highest BCUT2D eigenvalue weighted by Crippen LogP contribution is 2.39. The van der Waals surface area contributed by atoms with E-state index in [1.165, 1.54) is 12.1 Å². The molecule has 0 bridgehead atoms. The standard InChI is InChI=1S/C13H18O4S/c1-18(16,17)11-6-4-10(5-7-11)12(14)13(15)8-2-3-9-13/h4-7,12,14-15H,2-3,8-9H2,1H3. The summed E-state index contributed by atoms with van der Waals surface area (Å²) in [5.74, 6) is 0. The van der Waals surface area contributed by atoms with Gasteiger partial charge in [-0.15, -0.1) is 0 Å². The van der Waals surface area contributed by atoms with Gasteiger partial charge in [-0.25, -0.2) is 8.42 Å². The van der Waals surface area contributed by atoms with E-state index in [4.69, 9.17) is 0 Å². The second-order valence-corrected chi connectivity index (χ2v) is 7.07. The van der Waals surface area contributed by atoms with Gasteiger partial charge in [0.05, 0.1) is 10.5 Å². The van der Waals surface area contributed by atoms with Gasteiger partial charge in [0.15, 0.2) is 9.84 Å². The Bertz CT molecular complexity index is 512. The van der Waals surface area contributed by atoms with Crippen LogP contribution in [0.15, 0.2) is 29.2 Å². The summed E-state index contributed by atoms with van der Waals surface area (Å²) in [6.07, 6.45) is 3.19. The average Bonchev–Trinajstić information content (AvgIpc) is 2.75. The molecular formula is C13H18O4S. The smallest absolute Gasteiger partial charge is 0.175 e. The van der Waals surface area contributed by atoms with Crippen molar-refractivity contribution in [3.05, 3.63) is 29.8 Å². The molecule has 1 unspecified atom stereocenters. The van der Waals surface area contributed by atoms with Gasteiger partial charge in [0, 0.05) is 6.26 Å². The van der Waals surface area contributed by atoms with Crippen LogP contribution in [-0.4, -0.2) is 30.5 Å². The Morgan fingerprint density at radius 3 is 2.11 bits per heavy atom. The molecule has 1 atom stereocenters. The Hall–Kier alpha value is -0.910. The lowest BCUT2D eigenvalue weighted by atomic mass is 9.90. The largest absolute Gasteiger partial charge is 0.387 e. The number of benzene rings is 1. The molecule has 1 aliphatic carbocycles. The first kappa shape index (κ1) is 13.5. The molecule has 5 heteroatoms. The van der Waals surface area contributed by atoms with E-state index in [0.29, 0.717) is 18.4 Å². The zero-order chi connectivity index (χ0) is 13.4. The molecule has 2 N–H and O–H groups in total. The Balaban J connectivity index is 2.24. The number of hydrogen-bond acceptors (Lipinski definition) is 4. The number of sulfone groups is 1. The third kappa shape index (κ3) is 2.58. The van der Waals surface area contributed by atoms with E-state index in [-0.39, 0.29) is 4.90 Å². The summed E-state index contributed by atoms with van der Waals surface area (Å²) in [6.45, 7) is 0.